The van der Waals surface area contributed by atoms with Crippen molar-refractivity contribution in [1.29, 1.82) is 0 Å². The van der Waals surface area contributed by atoms with E-state index in [-0.39, 0.29) is 17.9 Å². The molecule has 3 aromatic rings. The lowest BCUT2D eigenvalue weighted by Crippen LogP contribution is -2.29. The minimum absolute atomic E-state index is 0.0507. The minimum Gasteiger partial charge on any atom is -0.356 e. The molecule has 0 aliphatic carbocycles. The van der Waals surface area contributed by atoms with Gasteiger partial charge in [-0.15, -0.1) is 0 Å². The first kappa shape index (κ1) is 18.8. The molecule has 0 atom stereocenters. The number of benzene rings is 1. The van der Waals surface area contributed by atoms with Crippen LogP contribution in [0, 0.1) is 13.8 Å². The van der Waals surface area contributed by atoms with Gasteiger partial charge in [0, 0.05) is 19.5 Å². The maximum atomic E-state index is 12.9. The fourth-order valence-electron chi connectivity index (χ4n) is 2.95. The van der Waals surface area contributed by atoms with E-state index < -0.39 is 0 Å². The number of hydrogen-bond acceptors (Lipinski definition) is 4. The Labute approximate surface area is 158 Å². The first-order chi connectivity index (χ1) is 13.0. The summed E-state index contributed by atoms with van der Waals surface area (Å²) in [5, 5.41) is 7.67. The zero-order valence-electron chi connectivity index (χ0n) is 16.0. The number of fused-ring (bicyclic) bond motifs is 1. The molecule has 0 fully saturated rings. The summed E-state index contributed by atoms with van der Waals surface area (Å²) in [6.45, 7) is 6.85. The van der Waals surface area contributed by atoms with Gasteiger partial charge >= 0.3 is 0 Å². The lowest BCUT2D eigenvalue weighted by molar-refractivity contribution is -0.121. The number of nitrogens with zero attached hydrogens (tertiary/aromatic N) is 4. The molecule has 3 rings (SSSR count). The normalized spacial score (nSPS) is 11.1. The number of aromatic nitrogens is 4. The third-order valence-corrected chi connectivity index (χ3v) is 4.57. The summed E-state index contributed by atoms with van der Waals surface area (Å²) in [4.78, 5) is 29.4. The Morgan fingerprint density at radius 1 is 1.19 bits per heavy atom. The van der Waals surface area contributed by atoms with Crippen molar-refractivity contribution in [3.63, 3.8) is 0 Å². The average Bonchev–Trinajstić information content (AvgIpc) is 3.06. The lowest BCUT2D eigenvalue weighted by atomic mass is 10.2. The summed E-state index contributed by atoms with van der Waals surface area (Å²) in [6, 6.07) is 7.89. The molecule has 1 amide bonds. The van der Waals surface area contributed by atoms with Crippen molar-refractivity contribution in [2.45, 2.75) is 46.6 Å². The van der Waals surface area contributed by atoms with E-state index in [1.165, 1.54) is 0 Å². The second-order valence-corrected chi connectivity index (χ2v) is 6.70. The molecule has 0 aliphatic heterocycles. The molecule has 0 saturated heterocycles. The fourth-order valence-corrected chi connectivity index (χ4v) is 2.95. The summed E-state index contributed by atoms with van der Waals surface area (Å²) in [5.41, 5.74) is 2.37. The Bertz CT molecular complexity index is 1000. The van der Waals surface area contributed by atoms with E-state index >= 15 is 0 Å². The van der Waals surface area contributed by atoms with Crippen molar-refractivity contribution >= 4 is 16.9 Å². The molecule has 7 heteroatoms. The number of hydrogen-bond donors (Lipinski definition) is 1. The van der Waals surface area contributed by atoms with E-state index in [1.54, 1.807) is 22.4 Å². The quantitative estimate of drug-likeness (QED) is 0.651. The Morgan fingerprint density at radius 2 is 1.93 bits per heavy atom. The number of carbonyl (C=O) groups excluding carboxylic acids is 1. The van der Waals surface area contributed by atoms with Gasteiger partial charge in [-0.1, -0.05) is 31.0 Å². The predicted octanol–water partition coefficient (Wildman–Crippen LogP) is 2.51. The van der Waals surface area contributed by atoms with Crippen molar-refractivity contribution < 1.29 is 4.79 Å². The molecular weight excluding hydrogens is 342 g/mol. The molecule has 27 heavy (non-hydrogen) atoms. The van der Waals surface area contributed by atoms with Gasteiger partial charge in [-0.05, 0) is 32.4 Å². The maximum absolute atomic E-state index is 12.9. The van der Waals surface area contributed by atoms with Crippen molar-refractivity contribution in [2.24, 2.45) is 0 Å². The van der Waals surface area contributed by atoms with Crippen LogP contribution in [-0.4, -0.2) is 31.8 Å². The molecule has 0 aliphatic rings. The summed E-state index contributed by atoms with van der Waals surface area (Å²) in [6.07, 6.45) is 3.78. The molecular formula is C20H25N5O2. The average molecular weight is 367 g/mol. The summed E-state index contributed by atoms with van der Waals surface area (Å²) in [5.74, 6) is 0.521. The zero-order chi connectivity index (χ0) is 19.4. The van der Waals surface area contributed by atoms with E-state index in [1.807, 2.05) is 31.2 Å². The van der Waals surface area contributed by atoms with E-state index in [4.69, 9.17) is 0 Å². The SMILES string of the molecule is CCCCNC(=O)CCn1c(C)nc2c(cnn2-c2ccc(C)cc2)c1=O. The zero-order valence-corrected chi connectivity index (χ0v) is 16.0. The van der Waals surface area contributed by atoms with Gasteiger partial charge in [0.1, 0.15) is 11.2 Å². The van der Waals surface area contributed by atoms with Crippen molar-refractivity contribution in [3.05, 3.63) is 52.2 Å². The molecule has 0 bridgehead atoms. The number of amides is 1. The molecule has 142 valence electrons. The molecule has 0 saturated carbocycles. The number of nitrogens with one attached hydrogen (secondary N) is 1. The van der Waals surface area contributed by atoms with Crippen molar-refractivity contribution in [2.75, 3.05) is 6.54 Å². The molecule has 0 spiro atoms. The van der Waals surface area contributed by atoms with Crippen LogP contribution < -0.4 is 10.9 Å². The number of carbonyl (C=O) groups is 1. The van der Waals surface area contributed by atoms with Crippen LogP contribution in [0.1, 0.15) is 37.6 Å². The lowest BCUT2D eigenvalue weighted by Gasteiger charge is -2.10. The number of unbranched alkanes of at least 4 members (excludes halogenated alkanes) is 1. The first-order valence-corrected chi connectivity index (χ1v) is 9.30. The molecule has 1 aromatic carbocycles. The number of rotatable bonds is 7. The van der Waals surface area contributed by atoms with Crippen LogP contribution in [0.25, 0.3) is 16.7 Å². The van der Waals surface area contributed by atoms with Crippen molar-refractivity contribution in [3.8, 4) is 5.69 Å². The van der Waals surface area contributed by atoms with Gasteiger partial charge in [-0.25, -0.2) is 9.67 Å². The Balaban J connectivity index is 1.86. The summed E-state index contributed by atoms with van der Waals surface area (Å²) < 4.78 is 3.22. The van der Waals surface area contributed by atoms with E-state index in [2.05, 4.69) is 22.3 Å². The highest BCUT2D eigenvalue weighted by atomic mass is 16.1. The van der Waals surface area contributed by atoms with Crippen LogP contribution in [0.2, 0.25) is 0 Å². The summed E-state index contributed by atoms with van der Waals surface area (Å²) >= 11 is 0. The van der Waals surface area contributed by atoms with Gasteiger partial charge in [0.15, 0.2) is 5.65 Å². The molecule has 2 heterocycles. The van der Waals surface area contributed by atoms with Gasteiger partial charge in [-0.3, -0.25) is 14.2 Å². The second-order valence-electron chi connectivity index (χ2n) is 6.70. The highest BCUT2D eigenvalue weighted by Gasteiger charge is 2.14. The fraction of sp³-hybridized carbons (Fsp3) is 0.400. The highest BCUT2D eigenvalue weighted by Crippen LogP contribution is 2.15. The van der Waals surface area contributed by atoms with Gasteiger partial charge in [0.2, 0.25) is 5.91 Å². The third-order valence-electron chi connectivity index (χ3n) is 4.57. The topological polar surface area (TPSA) is 81.8 Å². The second kappa shape index (κ2) is 8.16. The Hall–Kier alpha value is -2.96. The largest absolute Gasteiger partial charge is 0.356 e. The van der Waals surface area contributed by atoms with Crippen molar-refractivity contribution in [1.82, 2.24) is 24.6 Å². The molecule has 2 aromatic heterocycles. The van der Waals surface area contributed by atoms with Gasteiger partial charge in [0.25, 0.3) is 5.56 Å². The molecule has 7 nitrogen and oxygen atoms in total. The monoisotopic (exact) mass is 367 g/mol. The van der Waals surface area contributed by atoms with Crippen LogP contribution in [0.4, 0.5) is 0 Å². The van der Waals surface area contributed by atoms with Crippen LogP contribution in [-0.2, 0) is 11.3 Å². The third kappa shape index (κ3) is 4.07. The highest BCUT2D eigenvalue weighted by molar-refractivity contribution is 5.76. The molecule has 0 radical (unpaired) electrons. The molecule has 1 N–H and O–H groups in total. The van der Waals surface area contributed by atoms with Gasteiger partial charge in [-0.2, -0.15) is 5.10 Å². The smallest absolute Gasteiger partial charge is 0.264 e. The van der Waals surface area contributed by atoms with Crippen LogP contribution in [0.15, 0.2) is 35.3 Å². The molecule has 0 unspecified atom stereocenters. The van der Waals surface area contributed by atoms with Gasteiger partial charge < -0.3 is 5.32 Å². The standard InChI is InChI=1S/C20H25N5O2/c1-4-5-11-21-18(26)10-12-24-15(3)23-19-17(20(24)27)13-22-25(19)16-8-6-14(2)7-9-16/h6-9,13H,4-5,10-12H2,1-3H3,(H,21,26). The first-order valence-electron chi connectivity index (χ1n) is 9.30. The van der Waals surface area contributed by atoms with Gasteiger partial charge in [0.05, 0.1) is 11.9 Å². The van der Waals surface area contributed by atoms with E-state index in [9.17, 15) is 9.59 Å². The minimum atomic E-state index is -0.169. The van der Waals surface area contributed by atoms with E-state index in [0.29, 0.717) is 29.9 Å². The van der Waals surface area contributed by atoms with E-state index in [0.717, 1.165) is 24.1 Å². The summed E-state index contributed by atoms with van der Waals surface area (Å²) in [7, 11) is 0. The maximum Gasteiger partial charge on any atom is 0.264 e. The Morgan fingerprint density at radius 3 is 2.63 bits per heavy atom. The van der Waals surface area contributed by atoms with Crippen LogP contribution in [0.5, 0.6) is 0 Å². The number of aryl methyl sites for hydroxylation is 2. The Kier molecular flexibility index (Phi) is 5.69. The predicted molar refractivity (Wildman–Crippen MR) is 105 cm³/mol. The van der Waals surface area contributed by atoms with Crippen LogP contribution in [0.3, 0.4) is 0 Å². The van der Waals surface area contributed by atoms with Crippen LogP contribution >= 0.6 is 0 Å².